The van der Waals surface area contributed by atoms with Crippen LogP contribution in [0.3, 0.4) is 0 Å². The normalized spacial score (nSPS) is 9.57. The molecule has 3 nitrogen and oxygen atoms in total. The number of carbonyl (C=O) groups is 2. The van der Waals surface area contributed by atoms with Gasteiger partial charge in [0.05, 0.1) is 7.11 Å². The van der Waals surface area contributed by atoms with E-state index in [-0.39, 0.29) is 6.42 Å². The Morgan fingerprint density at radius 2 is 2.00 bits per heavy atom. The fourth-order valence-electron chi connectivity index (χ4n) is 1.00. The molecule has 1 aromatic carbocycles. The molecule has 0 N–H and O–H groups in total. The van der Waals surface area contributed by atoms with Gasteiger partial charge in [-0.1, -0.05) is 18.2 Å². The average molecular weight is 304 g/mol. The molecule has 14 heavy (non-hydrogen) atoms. The van der Waals surface area contributed by atoms with Gasteiger partial charge in [-0.25, -0.2) is 4.79 Å². The van der Waals surface area contributed by atoms with E-state index in [0.717, 1.165) is 9.13 Å². The second-order valence-electron chi connectivity index (χ2n) is 2.68. The smallest absolute Gasteiger partial charge is 0.374 e. The number of ether oxygens (including phenoxy) is 1. The highest BCUT2D eigenvalue weighted by Gasteiger charge is 2.15. The topological polar surface area (TPSA) is 43.4 Å². The quantitative estimate of drug-likeness (QED) is 0.484. The van der Waals surface area contributed by atoms with Gasteiger partial charge in [-0.15, -0.1) is 0 Å². The highest BCUT2D eigenvalue weighted by molar-refractivity contribution is 14.1. The van der Waals surface area contributed by atoms with Crippen molar-refractivity contribution in [3.8, 4) is 0 Å². The maximum absolute atomic E-state index is 11.2. The van der Waals surface area contributed by atoms with Crippen molar-refractivity contribution >= 4 is 34.3 Å². The molecule has 0 heterocycles. The zero-order chi connectivity index (χ0) is 10.6. The Kier molecular flexibility index (Phi) is 4.06. The number of Topliss-reactive ketones (excluding diaryl/α,β-unsaturated/α-hetero) is 1. The molecule has 0 spiro atoms. The Balaban J connectivity index is 2.75. The lowest BCUT2D eigenvalue weighted by molar-refractivity contribution is -0.151. The Bertz CT molecular complexity index is 360. The minimum absolute atomic E-state index is 0.103. The maximum atomic E-state index is 11.2. The lowest BCUT2D eigenvalue weighted by atomic mass is 10.1. The summed E-state index contributed by atoms with van der Waals surface area (Å²) in [5.74, 6) is -1.30. The summed E-state index contributed by atoms with van der Waals surface area (Å²) in [6.45, 7) is 0. The molecule has 0 radical (unpaired) electrons. The number of benzene rings is 1. The van der Waals surface area contributed by atoms with Gasteiger partial charge in [0.25, 0.3) is 0 Å². The summed E-state index contributed by atoms with van der Waals surface area (Å²) in [7, 11) is 1.20. The van der Waals surface area contributed by atoms with E-state index in [4.69, 9.17) is 0 Å². The second kappa shape index (κ2) is 5.09. The van der Waals surface area contributed by atoms with Crippen LogP contribution in [0.4, 0.5) is 0 Å². The fraction of sp³-hybridized carbons (Fsp3) is 0.200. The monoisotopic (exact) mass is 304 g/mol. The van der Waals surface area contributed by atoms with Crippen LogP contribution in [-0.2, 0) is 20.7 Å². The third-order valence-corrected chi connectivity index (χ3v) is 2.77. The summed E-state index contributed by atoms with van der Waals surface area (Å²) in [5, 5.41) is 0. The van der Waals surface area contributed by atoms with Crippen LogP contribution in [0.1, 0.15) is 5.56 Å². The minimum atomic E-state index is -0.787. The largest absolute Gasteiger partial charge is 0.463 e. The second-order valence-corrected chi connectivity index (χ2v) is 3.85. The van der Waals surface area contributed by atoms with Gasteiger partial charge in [-0.2, -0.15) is 0 Å². The van der Waals surface area contributed by atoms with Crippen LogP contribution >= 0.6 is 22.6 Å². The molecule has 0 aliphatic heterocycles. The molecule has 74 valence electrons. The van der Waals surface area contributed by atoms with Gasteiger partial charge in [-0.05, 0) is 34.2 Å². The lowest BCUT2D eigenvalue weighted by Crippen LogP contribution is -2.18. The molecular formula is C10H9IO3. The van der Waals surface area contributed by atoms with E-state index in [1.165, 1.54) is 7.11 Å². The van der Waals surface area contributed by atoms with Gasteiger partial charge in [0.2, 0.25) is 5.78 Å². The van der Waals surface area contributed by atoms with Crippen LogP contribution in [0.25, 0.3) is 0 Å². The highest BCUT2D eigenvalue weighted by atomic mass is 127. The van der Waals surface area contributed by atoms with Crippen molar-refractivity contribution in [2.75, 3.05) is 7.11 Å². The molecule has 0 bridgehead atoms. The van der Waals surface area contributed by atoms with Crippen LogP contribution in [-0.4, -0.2) is 18.9 Å². The van der Waals surface area contributed by atoms with Crippen molar-refractivity contribution in [2.45, 2.75) is 6.42 Å². The van der Waals surface area contributed by atoms with Crippen LogP contribution in [0, 0.1) is 3.57 Å². The SMILES string of the molecule is COC(=O)C(=O)Cc1ccccc1I. The molecule has 0 aliphatic carbocycles. The number of esters is 1. The maximum Gasteiger partial charge on any atom is 0.374 e. The zero-order valence-electron chi connectivity index (χ0n) is 7.62. The van der Waals surface area contributed by atoms with Gasteiger partial charge in [0, 0.05) is 9.99 Å². The summed E-state index contributed by atoms with van der Waals surface area (Å²) in [4.78, 5) is 22.1. The van der Waals surface area contributed by atoms with E-state index >= 15 is 0 Å². The summed E-state index contributed by atoms with van der Waals surface area (Å²) in [6, 6.07) is 7.43. The first-order valence-corrected chi connectivity index (χ1v) is 5.07. The number of hydrogen-bond donors (Lipinski definition) is 0. The van der Waals surface area contributed by atoms with Crippen molar-refractivity contribution in [2.24, 2.45) is 0 Å². The van der Waals surface area contributed by atoms with Crippen molar-refractivity contribution in [3.05, 3.63) is 33.4 Å². The van der Waals surface area contributed by atoms with E-state index in [1.54, 1.807) is 0 Å². The van der Waals surface area contributed by atoms with E-state index in [2.05, 4.69) is 27.3 Å². The van der Waals surface area contributed by atoms with Crippen LogP contribution in [0.5, 0.6) is 0 Å². The summed E-state index contributed by atoms with van der Waals surface area (Å²) < 4.78 is 5.31. The molecule has 0 saturated heterocycles. The number of carbonyl (C=O) groups excluding carboxylic acids is 2. The predicted octanol–water partition coefficient (Wildman–Crippen LogP) is 1.58. The Hall–Kier alpha value is -0.910. The zero-order valence-corrected chi connectivity index (χ0v) is 9.78. The van der Waals surface area contributed by atoms with Gasteiger partial charge in [0.15, 0.2) is 0 Å². The Labute approximate surface area is 95.6 Å². The fourth-order valence-corrected chi connectivity index (χ4v) is 1.58. The van der Waals surface area contributed by atoms with Gasteiger partial charge in [-0.3, -0.25) is 4.79 Å². The molecule has 4 heteroatoms. The summed E-state index contributed by atoms with van der Waals surface area (Å²) in [6.07, 6.45) is 0.103. The molecular weight excluding hydrogens is 295 g/mol. The molecule has 0 saturated carbocycles. The van der Waals surface area contributed by atoms with Crippen LogP contribution in [0.2, 0.25) is 0 Å². The molecule has 0 aliphatic rings. The van der Waals surface area contributed by atoms with Gasteiger partial charge < -0.3 is 4.74 Å². The number of hydrogen-bond acceptors (Lipinski definition) is 3. The average Bonchev–Trinajstić information content (AvgIpc) is 2.20. The van der Waals surface area contributed by atoms with E-state index < -0.39 is 11.8 Å². The molecule has 0 fully saturated rings. The third kappa shape index (κ3) is 2.80. The molecule has 0 aromatic heterocycles. The summed E-state index contributed by atoms with van der Waals surface area (Å²) >= 11 is 2.12. The molecule has 1 rings (SSSR count). The highest BCUT2D eigenvalue weighted by Crippen LogP contribution is 2.12. The number of halogens is 1. The van der Waals surface area contributed by atoms with Crippen molar-refractivity contribution in [3.63, 3.8) is 0 Å². The number of ketones is 1. The van der Waals surface area contributed by atoms with Crippen LogP contribution < -0.4 is 0 Å². The molecule has 0 amide bonds. The van der Waals surface area contributed by atoms with E-state index in [1.807, 2.05) is 24.3 Å². The third-order valence-electron chi connectivity index (χ3n) is 1.72. The predicted molar refractivity (Wildman–Crippen MR) is 59.9 cm³/mol. The standard InChI is InChI=1S/C10H9IO3/c1-14-10(13)9(12)6-7-4-2-3-5-8(7)11/h2-5H,6H2,1H3. The first-order valence-electron chi connectivity index (χ1n) is 3.99. The molecule has 1 aromatic rings. The van der Waals surface area contributed by atoms with Gasteiger partial charge in [0.1, 0.15) is 0 Å². The van der Waals surface area contributed by atoms with E-state index in [9.17, 15) is 9.59 Å². The first kappa shape index (κ1) is 11.2. The minimum Gasteiger partial charge on any atom is -0.463 e. The van der Waals surface area contributed by atoms with Crippen LogP contribution in [0.15, 0.2) is 24.3 Å². The van der Waals surface area contributed by atoms with Gasteiger partial charge >= 0.3 is 5.97 Å². The lowest BCUT2D eigenvalue weighted by Gasteiger charge is -2.01. The number of rotatable bonds is 3. The molecule has 0 atom stereocenters. The number of methoxy groups -OCH3 is 1. The van der Waals surface area contributed by atoms with Crippen molar-refractivity contribution in [1.29, 1.82) is 0 Å². The van der Waals surface area contributed by atoms with Crippen molar-refractivity contribution < 1.29 is 14.3 Å². The van der Waals surface area contributed by atoms with E-state index in [0.29, 0.717) is 0 Å². The Morgan fingerprint density at radius 3 is 2.57 bits per heavy atom. The van der Waals surface area contributed by atoms with Crippen molar-refractivity contribution in [1.82, 2.24) is 0 Å². The first-order chi connectivity index (χ1) is 6.65. The summed E-state index contributed by atoms with van der Waals surface area (Å²) in [5.41, 5.74) is 0.850. The molecule has 0 unspecified atom stereocenters. The Morgan fingerprint density at radius 1 is 1.36 bits per heavy atom.